The van der Waals surface area contributed by atoms with Crippen LogP contribution in [0.4, 0.5) is 13.2 Å². The van der Waals surface area contributed by atoms with Gasteiger partial charge in [-0.2, -0.15) is 13.2 Å². The molecule has 29 heavy (non-hydrogen) atoms. The summed E-state index contributed by atoms with van der Waals surface area (Å²) in [5, 5.41) is 0. The number of amides is 1. The second-order valence-electron chi connectivity index (χ2n) is 7.04. The van der Waals surface area contributed by atoms with Crippen LogP contribution < -0.4 is 0 Å². The standard InChI is InChI=1S/C20H18F3N3O2S/c21-20(22,23)18-7-6-17(9-24-18)29(28)26-12-15-10-25(11-16(15)13-26)19(27)8-14-4-2-1-3-5-14/h1-7,9H,8,10-13H2. The van der Waals surface area contributed by atoms with E-state index in [2.05, 4.69) is 4.98 Å². The molecule has 1 aromatic carbocycles. The smallest absolute Gasteiger partial charge is 0.433 e. The van der Waals surface area contributed by atoms with Crippen LogP contribution in [-0.2, 0) is 28.8 Å². The van der Waals surface area contributed by atoms with Crippen molar-refractivity contribution < 1.29 is 22.5 Å². The first-order valence-corrected chi connectivity index (χ1v) is 10.1. The van der Waals surface area contributed by atoms with E-state index >= 15 is 0 Å². The van der Waals surface area contributed by atoms with Gasteiger partial charge in [0.15, 0.2) is 4.90 Å². The second kappa shape index (κ2) is 7.81. The van der Waals surface area contributed by atoms with E-state index in [4.69, 9.17) is 0 Å². The lowest BCUT2D eigenvalue weighted by Crippen LogP contribution is -2.37. The van der Waals surface area contributed by atoms with Crippen molar-refractivity contribution in [2.24, 2.45) is 0 Å². The molecule has 0 saturated heterocycles. The van der Waals surface area contributed by atoms with Crippen molar-refractivity contribution in [3.8, 4) is 0 Å². The van der Waals surface area contributed by atoms with Crippen LogP contribution in [0.5, 0.6) is 0 Å². The van der Waals surface area contributed by atoms with Crippen LogP contribution in [0.15, 0.2) is 64.7 Å². The zero-order chi connectivity index (χ0) is 20.6. The molecule has 152 valence electrons. The van der Waals surface area contributed by atoms with Gasteiger partial charge in [-0.3, -0.25) is 4.79 Å². The van der Waals surface area contributed by atoms with Crippen molar-refractivity contribution in [2.75, 3.05) is 26.2 Å². The summed E-state index contributed by atoms with van der Waals surface area (Å²) in [5.41, 5.74) is 2.06. The highest BCUT2D eigenvalue weighted by Gasteiger charge is 2.38. The van der Waals surface area contributed by atoms with Gasteiger partial charge < -0.3 is 9.45 Å². The van der Waals surface area contributed by atoms with E-state index in [0.29, 0.717) is 32.6 Å². The number of carbonyl (C=O) groups is 1. The number of alkyl halides is 3. The van der Waals surface area contributed by atoms with Crippen LogP contribution in [-0.4, -0.2) is 50.8 Å². The number of halogens is 3. The lowest BCUT2D eigenvalue weighted by molar-refractivity contribution is -0.141. The summed E-state index contributed by atoms with van der Waals surface area (Å²) < 4.78 is 52.3. The molecule has 2 aliphatic rings. The molecule has 2 aromatic rings. The van der Waals surface area contributed by atoms with Crippen LogP contribution in [0.2, 0.25) is 0 Å². The molecule has 1 aromatic heterocycles. The number of pyridine rings is 1. The SMILES string of the molecule is O=C(Cc1ccccc1)N1CC2=C(C1)CN([S+]([O-])c1ccc(C(F)(F)F)nc1)C2. The molecule has 5 nitrogen and oxygen atoms in total. The second-order valence-corrected chi connectivity index (χ2v) is 8.53. The molecule has 0 radical (unpaired) electrons. The minimum atomic E-state index is -4.52. The zero-order valence-electron chi connectivity index (χ0n) is 15.4. The van der Waals surface area contributed by atoms with Gasteiger partial charge >= 0.3 is 6.18 Å². The molecular weight excluding hydrogens is 403 g/mol. The van der Waals surface area contributed by atoms with Crippen molar-refractivity contribution in [3.05, 3.63) is 71.1 Å². The van der Waals surface area contributed by atoms with E-state index in [1.807, 2.05) is 30.3 Å². The fourth-order valence-electron chi connectivity index (χ4n) is 3.52. The summed E-state index contributed by atoms with van der Waals surface area (Å²) >= 11 is -1.60. The van der Waals surface area contributed by atoms with E-state index in [9.17, 15) is 22.5 Å². The maximum atomic E-state index is 12.7. The minimum Gasteiger partial charge on any atom is -0.593 e. The quantitative estimate of drug-likeness (QED) is 0.563. The number of aromatic nitrogens is 1. The van der Waals surface area contributed by atoms with Gasteiger partial charge in [-0.1, -0.05) is 30.3 Å². The van der Waals surface area contributed by atoms with Crippen LogP contribution in [0.25, 0.3) is 0 Å². The summed E-state index contributed by atoms with van der Waals surface area (Å²) in [4.78, 5) is 17.9. The van der Waals surface area contributed by atoms with Gasteiger partial charge in [0, 0.05) is 13.1 Å². The van der Waals surface area contributed by atoms with Crippen molar-refractivity contribution in [2.45, 2.75) is 17.5 Å². The largest absolute Gasteiger partial charge is 0.593 e. The maximum Gasteiger partial charge on any atom is 0.433 e. The molecule has 9 heteroatoms. The third kappa shape index (κ3) is 4.31. The third-order valence-electron chi connectivity index (χ3n) is 5.01. The Morgan fingerprint density at radius 2 is 1.69 bits per heavy atom. The predicted molar refractivity (Wildman–Crippen MR) is 101 cm³/mol. The van der Waals surface area contributed by atoms with E-state index in [0.717, 1.165) is 29.0 Å². The van der Waals surface area contributed by atoms with Crippen molar-refractivity contribution in [1.82, 2.24) is 14.2 Å². The first kappa shape index (κ1) is 19.9. The summed E-state index contributed by atoms with van der Waals surface area (Å²) in [6.07, 6.45) is -3.17. The lowest BCUT2D eigenvalue weighted by Gasteiger charge is -2.24. The summed E-state index contributed by atoms with van der Waals surface area (Å²) in [6.45, 7) is 1.86. The van der Waals surface area contributed by atoms with Gasteiger partial charge in [0.05, 0.1) is 37.1 Å². The van der Waals surface area contributed by atoms with Gasteiger partial charge in [-0.25, -0.2) is 4.98 Å². The Morgan fingerprint density at radius 3 is 2.24 bits per heavy atom. The minimum absolute atomic E-state index is 0.0465. The van der Waals surface area contributed by atoms with Gasteiger partial charge in [-0.05, 0) is 28.8 Å². The Kier molecular flexibility index (Phi) is 5.37. The maximum absolute atomic E-state index is 12.7. The Labute approximate surface area is 169 Å². The van der Waals surface area contributed by atoms with Crippen LogP contribution >= 0.6 is 0 Å². The van der Waals surface area contributed by atoms with Crippen LogP contribution in [0.1, 0.15) is 11.3 Å². The molecule has 0 N–H and O–H groups in total. The fourth-order valence-corrected chi connectivity index (χ4v) is 4.69. The Bertz CT molecular complexity index is 914. The van der Waals surface area contributed by atoms with Crippen LogP contribution in [0.3, 0.4) is 0 Å². The molecule has 1 atom stereocenters. The average Bonchev–Trinajstić information content (AvgIpc) is 3.27. The van der Waals surface area contributed by atoms with Gasteiger partial charge in [-0.15, -0.1) is 4.31 Å². The number of carbonyl (C=O) groups excluding carboxylic acids is 1. The lowest BCUT2D eigenvalue weighted by atomic mass is 10.1. The third-order valence-corrected chi connectivity index (χ3v) is 6.38. The monoisotopic (exact) mass is 421 g/mol. The summed E-state index contributed by atoms with van der Waals surface area (Å²) in [7, 11) is 0. The number of rotatable bonds is 4. The molecule has 0 fully saturated rings. The number of nitrogens with zero attached hydrogens (tertiary/aromatic N) is 3. The van der Waals surface area contributed by atoms with E-state index < -0.39 is 23.2 Å². The first-order valence-electron chi connectivity index (χ1n) is 9.03. The highest BCUT2D eigenvalue weighted by atomic mass is 32.2. The van der Waals surface area contributed by atoms with E-state index in [1.54, 1.807) is 9.21 Å². The Balaban J connectivity index is 1.33. The summed E-state index contributed by atoms with van der Waals surface area (Å²) in [5.74, 6) is 0.0465. The molecule has 4 rings (SSSR count). The highest BCUT2D eigenvalue weighted by Crippen LogP contribution is 2.31. The van der Waals surface area contributed by atoms with Crippen molar-refractivity contribution >= 4 is 17.3 Å². The molecule has 0 aliphatic carbocycles. The number of hydrogen-bond acceptors (Lipinski definition) is 4. The van der Waals surface area contributed by atoms with Gasteiger partial charge in [0.25, 0.3) is 0 Å². The molecular formula is C20H18F3N3O2S. The molecule has 0 bridgehead atoms. The fraction of sp³-hybridized carbons (Fsp3) is 0.300. The van der Waals surface area contributed by atoms with Crippen LogP contribution in [0, 0.1) is 0 Å². The molecule has 3 heterocycles. The number of benzene rings is 1. The molecule has 1 unspecified atom stereocenters. The van der Waals surface area contributed by atoms with E-state index in [-0.39, 0.29) is 10.8 Å². The molecule has 0 saturated carbocycles. The van der Waals surface area contributed by atoms with Gasteiger partial charge in [0.2, 0.25) is 5.91 Å². The van der Waals surface area contributed by atoms with Gasteiger partial charge in [0.1, 0.15) is 5.69 Å². The van der Waals surface area contributed by atoms with Crippen molar-refractivity contribution in [3.63, 3.8) is 0 Å². The molecule has 2 aliphatic heterocycles. The molecule has 1 amide bonds. The predicted octanol–water partition coefficient (Wildman–Crippen LogP) is 2.82. The molecule has 0 spiro atoms. The zero-order valence-corrected chi connectivity index (χ0v) is 16.2. The van der Waals surface area contributed by atoms with Crippen molar-refractivity contribution in [1.29, 1.82) is 0 Å². The van der Waals surface area contributed by atoms with E-state index in [1.165, 1.54) is 6.07 Å². The first-order chi connectivity index (χ1) is 13.8. The number of hydrogen-bond donors (Lipinski definition) is 0. The summed E-state index contributed by atoms with van der Waals surface area (Å²) in [6, 6.07) is 11.6. The Hall–Kier alpha value is -2.36. The Morgan fingerprint density at radius 1 is 1.03 bits per heavy atom. The normalized spacial score (nSPS) is 18.3. The topological polar surface area (TPSA) is 59.5 Å². The average molecular weight is 421 g/mol. The highest BCUT2D eigenvalue weighted by molar-refractivity contribution is 7.89.